The lowest BCUT2D eigenvalue weighted by Gasteiger charge is -2.21. The topological polar surface area (TPSA) is 62.3 Å². The Morgan fingerprint density at radius 3 is 2.81 bits per heavy atom. The van der Waals surface area contributed by atoms with Gasteiger partial charge < -0.3 is 10.2 Å². The van der Waals surface area contributed by atoms with Gasteiger partial charge in [0.25, 0.3) is 0 Å². The van der Waals surface area contributed by atoms with Crippen molar-refractivity contribution >= 4 is 40.0 Å². The van der Waals surface area contributed by atoms with E-state index in [1.54, 1.807) is 28.9 Å². The number of thiazole rings is 1. The highest BCUT2D eigenvalue weighted by atomic mass is 32.2. The molecule has 0 aliphatic carbocycles. The number of nitrogens with zero attached hydrogens (tertiary/aromatic N) is 2. The highest BCUT2D eigenvalue weighted by Gasteiger charge is 2.34. The van der Waals surface area contributed by atoms with Crippen molar-refractivity contribution in [1.82, 2.24) is 9.88 Å². The van der Waals surface area contributed by atoms with E-state index >= 15 is 0 Å². The van der Waals surface area contributed by atoms with E-state index in [-0.39, 0.29) is 11.8 Å². The van der Waals surface area contributed by atoms with E-state index in [9.17, 15) is 9.59 Å². The van der Waals surface area contributed by atoms with Gasteiger partial charge >= 0.3 is 0 Å². The SMILES string of the molecule is C/C(=C\C(=O)N1CSCC1C(=O)Nc1ncc(C)s1)CCc1ccccc1. The average Bonchev–Trinajstić information content (AvgIpc) is 3.30. The molecule has 142 valence electrons. The molecule has 0 radical (unpaired) electrons. The fourth-order valence-electron chi connectivity index (χ4n) is 2.83. The Labute approximate surface area is 167 Å². The van der Waals surface area contributed by atoms with Crippen molar-refractivity contribution in [3.05, 3.63) is 58.6 Å². The summed E-state index contributed by atoms with van der Waals surface area (Å²) < 4.78 is 0. The Morgan fingerprint density at radius 1 is 1.33 bits per heavy atom. The van der Waals surface area contributed by atoms with Gasteiger partial charge in [-0.1, -0.05) is 35.9 Å². The smallest absolute Gasteiger partial charge is 0.249 e. The van der Waals surface area contributed by atoms with Crippen LogP contribution in [0.3, 0.4) is 0 Å². The first kappa shape index (κ1) is 19.6. The molecule has 1 aromatic carbocycles. The van der Waals surface area contributed by atoms with Gasteiger partial charge in [0.2, 0.25) is 11.8 Å². The molecule has 1 N–H and O–H groups in total. The maximum absolute atomic E-state index is 12.7. The summed E-state index contributed by atoms with van der Waals surface area (Å²) in [7, 11) is 0. The quantitative estimate of drug-likeness (QED) is 0.747. The molecule has 2 heterocycles. The van der Waals surface area contributed by atoms with Gasteiger partial charge in [0.05, 0.1) is 5.88 Å². The van der Waals surface area contributed by atoms with E-state index < -0.39 is 6.04 Å². The molecule has 2 aromatic rings. The van der Waals surface area contributed by atoms with Crippen molar-refractivity contribution in [3.63, 3.8) is 0 Å². The van der Waals surface area contributed by atoms with E-state index in [2.05, 4.69) is 22.4 Å². The summed E-state index contributed by atoms with van der Waals surface area (Å²) >= 11 is 3.03. The van der Waals surface area contributed by atoms with E-state index in [1.165, 1.54) is 16.9 Å². The lowest BCUT2D eigenvalue weighted by molar-refractivity contribution is -0.132. The van der Waals surface area contributed by atoms with Gasteiger partial charge in [-0.15, -0.1) is 23.1 Å². The van der Waals surface area contributed by atoms with Crippen LogP contribution in [0.4, 0.5) is 5.13 Å². The second-order valence-corrected chi connectivity index (χ2v) is 8.80. The molecule has 1 fully saturated rings. The number of thioether (sulfide) groups is 1. The third-order valence-electron chi connectivity index (χ3n) is 4.34. The summed E-state index contributed by atoms with van der Waals surface area (Å²) in [6.45, 7) is 3.91. The first-order valence-electron chi connectivity index (χ1n) is 8.85. The largest absolute Gasteiger partial charge is 0.317 e. The van der Waals surface area contributed by atoms with Crippen LogP contribution in [-0.4, -0.2) is 39.4 Å². The minimum Gasteiger partial charge on any atom is -0.317 e. The summed E-state index contributed by atoms with van der Waals surface area (Å²) in [6, 6.07) is 9.77. The number of hydrogen-bond donors (Lipinski definition) is 1. The predicted octanol–water partition coefficient (Wildman–Crippen LogP) is 3.87. The Balaban J connectivity index is 1.58. The zero-order chi connectivity index (χ0) is 19.2. The summed E-state index contributed by atoms with van der Waals surface area (Å²) in [5.74, 6) is 0.883. The number of carbonyl (C=O) groups is 2. The molecule has 5 nitrogen and oxygen atoms in total. The van der Waals surface area contributed by atoms with Gasteiger partial charge in [-0.3, -0.25) is 9.59 Å². The van der Waals surface area contributed by atoms with Crippen LogP contribution in [0.2, 0.25) is 0 Å². The average molecular weight is 402 g/mol. The number of benzene rings is 1. The Bertz CT molecular complexity index is 833. The van der Waals surface area contributed by atoms with Crippen LogP contribution in [-0.2, 0) is 16.0 Å². The number of aromatic nitrogens is 1. The van der Waals surface area contributed by atoms with Gasteiger partial charge in [0.15, 0.2) is 5.13 Å². The fourth-order valence-corrected chi connectivity index (χ4v) is 4.66. The van der Waals surface area contributed by atoms with Crippen LogP contribution in [0, 0.1) is 6.92 Å². The summed E-state index contributed by atoms with van der Waals surface area (Å²) in [5.41, 5.74) is 2.28. The van der Waals surface area contributed by atoms with E-state index in [1.807, 2.05) is 32.0 Å². The van der Waals surface area contributed by atoms with E-state index in [0.29, 0.717) is 16.8 Å². The van der Waals surface area contributed by atoms with Crippen LogP contribution in [0.1, 0.15) is 23.8 Å². The molecule has 27 heavy (non-hydrogen) atoms. The van der Waals surface area contributed by atoms with Crippen LogP contribution in [0.25, 0.3) is 0 Å². The van der Waals surface area contributed by atoms with Crippen molar-refractivity contribution in [2.45, 2.75) is 32.7 Å². The van der Waals surface area contributed by atoms with Crippen LogP contribution < -0.4 is 5.32 Å². The molecule has 1 unspecified atom stereocenters. The minimum absolute atomic E-state index is 0.0963. The Hall–Kier alpha value is -2.12. The van der Waals surface area contributed by atoms with Crippen LogP contribution in [0.5, 0.6) is 0 Å². The number of aryl methyl sites for hydroxylation is 2. The minimum atomic E-state index is -0.454. The van der Waals surface area contributed by atoms with Crippen molar-refractivity contribution in [2.24, 2.45) is 0 Å². The van der Waals surface area contributed by atoms with Crippen molar-refractivity contribution in [3.8, 4) is 0 Å². The summed E-state index contributed by atoms with van der Waals surface area (Å²) in [4.78, 5) is 32.1. The highest BCUT2D eigenvalue weighted by Crippen LogP contribution is 2.24. The van der Waals surface area contributed by atoms with Crippen LogP contribution in [0.15, 0.2) is 48.2 Å². The fraction of sp³-hybridized carbons (Fsp3) is 0.350. The molecule has 1 atom stereocenters. The Kier molecular flexibility index (Phi) is 6.68. The van der Waals surface area contributed by atoms with Crippen molar-refractivity contribution in [2.75, 3.05) is 16.9 Å². The third-order valence-corrected chi connectivity index (χ3v) is 6.18. The van der Waals surface area contributed by atoms with Gasteiger partial charge in [-0.05, 0) is 32.3 Å². The number of nitrogens with one attached hydrogen (secondary N) is 1. The first-order chi connectivity index (χ1) is 13.0. The van der Waals surface area contributed by atoms with Crippen LogP contribution >= 0.6 is 23.1 Å². The second-order valence-electron chi connectivity index (χ2n) is 6.57. The molecular formula is C20H23N3O2S2. The molecule has 0 saturated carbocycles. The molecule has 7 heteroatoms. The number of allylic oxidation sites excluding steroid dienone is 1. The van der Waals surface area contributed by atoms with Gasteiger partial charge in [0.1, 0.15) is 6.04 Å². The molecule has 2 amide bonds. The lowest BCUT2D eigenvalue weighted by atomic mass is 10.1. The molecule has 0 bridgehead atoms. The molecule has 1 saturated heterocycles. The van der Waals surface area contributed by atoms with E-state index in [0.717, 1.165) is 23.3 Å². The van der Waals surface area contributed by atoms with Gasteiger partial charge in [-0.2, -0.15) is 0 Å². The predicted molar refractivity (Wildman–Crippen MR) is 112 cm³/mol. The van der Waals surface area contributed by atoms with Gasteiger partial charge in [0, 0.05) is 22.9 Å². The summed E-state index contributed by atoms with van der Waals surface area (Å²) in [6.07, 6.45) is 5.12. The van der Waals surface area contributed by atoms with Crippen molar-refractivity contribution < 1.29 is 9.59 Å². The van der Waals surface area contributed by atoms with E-state index in [4.69, 9.17) is 0 Å². The number of hydrogen-bond acceptors (Lipinski definition) is 5. The molecule has 1 aliphatic heterocycles. The molecular weight excluding hydrogens is 378 g/mol. The monoisotopic (exact) mass is 401 g/mol. The first-order valence-corrected chi connectivity index (χ1v) is 10.8. The zero-order valence-corrected chi connectivity index (χ0v) is 17.1. The third kappa shape index (κ3) is 5.43. The lowest BCUT2D eigenvalue weighted by Crippen LogP contribution is -2.44. The normalized spacial score (nSPS) is 17.2. The van der Waals surface area contributed by atoms with Gasteiger partial charge in [-0.25, -0.2) is 4.98 Å². The molecule has 1 aliphatic rings. The molecule has 1 aromatic heterocycles. The number of amides is 2. The zero-order valence-electron chi connectivity index (χ0n) is 15.5. The molecule has 0 spiro atoms. The maximum Gasteiger partial charge on any atom is 0.249 e. The summed E-state index contributed by atoms with van der Waals surface area (Å²) in [5, 5.41) is 3.41. The number of carbonyl (C=O) groups excluding carboxylic acids is 2. The molecule has 3 rings (SSSR count). The standard InChI is InChI=1S/C20H23N3O2S2/c1-14(8-9-16-6-4-3-5-7-16)10-18(24)23-13-26-12-17(23)19(25)22-20-21-11-15(2)27-20/h3-7,10-11,17H,8-9,12-13H2,1-2H3,(H,21,22,25)/b14-10+. The number of rotatable bonds is 6. The maximum atomic E-state index is 12.7. The number of anilines is 1. The van der Waals surface area contributed by atoms with Crippen molar-refractivity contribution in [1.29, 1.82) is 0 Å². The Morgan fingerprint density at radius 2 is 2.11 bits per heavy atom. The second kappa shape index (κ2) is 9.19. The highest BCUT2D eigenvalue weighted by molar-refractivity contribution is 7.99.